The number of aromatic nitrogens is 2. The lowest BCUT2D eigenvalue weighted by Crippen LogP contribution is -2.47. The molecule has 0 radical (unpaired) electrons. The number of benzene rings is 2. The molecule has 0 saturated carbocycles. The van der Waals surface area contributed by atoms with Gasteiger partial charge in [-0.3, -0.25) is 10.0 Å². The molecule has 0 aliphatic heterocycles. The number of imidazole rings is 1. The zero-order valence-corrected chi connectivity index (χ0v) is 17.1. The van der Waals surface area contributed by atoms with E-state index < -0.39 is 38.4 Å². The van der Waals surface area contributed by atoms with Gasteiger partial charge in [0.15, 0.2) is 0 Å². The van der Waals surface area contributed by atoms with Crippen molar-refractivity contribution < 1.29 is 26.8 Å². The van der Waals surface area contributed by atoms with E-state index in [9.17, 15) is 26.8 Å². The second kappa shape index (κ2) is 8.36. The second-order valence-corrected chi connectivity index (χ2v) is 9.86. The Morgan fingerprint density at radius 2 is 1.53 bits per heavy atom. The lowest BCUT2D eigenvalue weighted by atomic mass is 10.2. The van der Waals surface area contributed by atoms with Gasteiger partial charge >= 0.3 is 0 Å². The van der Waals surface area contributed by atoms with Gasteiger partial charge in [-0.15, -0.1) is 0 Å². The molecule has 1 aromatic heterocycles. The summed E-state index contributed by atoms with van der Waals surface area (Å²) in [4.78, 5) is 15.5. The van der Waals surface area contributed by atoms with E-state index in [1.807, 2.05) is 0 Å². The van der Waals surface area contributed by atoms with Crippen LogP contribution in [0, 0.1) is 0 Å². The molecule has 3 aromatic rings. The van der Waals surface area contributed by atoms with Crippen molar-refractivity contribution in [3.63, 3.8) is 0 Å². The number of nitrogens with zero attached hydrogens (tertiary/aromatic N) is 3. The fourth-order valence-corrected chi connectivity index (χ4v) is 5.06. The van der Waals surface area contributed by atoms with Gasteiger partial charge in [-0.05, 0) is 24.3 Å². The van der Waals surface area contributed by atoms with E-state index in [-0.39, 0.29) is 20.0 Å². The number of hydrogen-bond acceptors (Lipinski definition) is 7. The third kappa shape index (κ3) is 4.26. The van der Waals surface area contributed by atoms with Crippen molar-refractivity contribution >= 4 is 26.0 Å². The van der Waals surface area contributed by atoms with Crippen LogP contribution >= 0.6 is 0 Å². The fraction of sp³-hybridized carbons (Fsp3) is 0.111. The Labute approximate surface area is 173 Å². The third-order valence-corrected chi connectivity index (χ3v) is 7.45. The summed E-state index contributed by atoms with van der Waals surface area (Å²) in [5.41, 5.74) is 5.33. The molecule has 30 heavy (non-hydrogen) atoms. The van der Waals surface area contributed by atoms with Crippen molar-refractivity contribution in [1.29, 1.82) is 0 Å². The second-order valence-electron chi connectivity index (χ2n) is 6.23. The molecule has 1 amide bonds. The number of hydroxylamine groups is 1. The number of carbonyl (C=O) groups excluding carboxylic acids is 1. The highest BCUT2D eigenvalue weighted by Crippen LogP contribution is 2.19. The molecule has 0 aliphatic rings. The molecular formula is C18H18N4O6S2. The smallest absolute Gasteiger partial charge is 0.268 e. The average molecular weight is 450 g/mol. The van der Waals surface area contributed by atoms with Crippen LogP contribution in [-0.2, 0) is 31.3 Å². The van der Waals surface area contributed by atoms with Crippen molar-refractivity contribution in [1.82, 2.24) is 13.4 Å². The van der Waals surface area contributed by atoms with E-state index >= 15 is 0 Å². The number of hydrogen-bond donors (Lipinski definition) is 2. The Hall–Kier alpha value is -3.06. The number of primary amides is 1. The van der Waals surface area contributed by atoms with E-state index in [0.717, 1.165) is 16.5 Å². The molecule has 0 fully saturated rings. The normalized spacial score (nSPS) is 13.3. The van der Waals surface area contributed by atoms with Crippen LogP contribution in [0.25, 0.3) is 0 Å². The summed E-state index contributed by atoms with van der Waals surface area (Å²) in [6, 6.07) is 12.9. The van der Waals surface area contributed by atoms with Crippen LogP contribution in [0.2, 0.25) is 0 Å². The Balaban J connectivity index is 1.88. The Morgan fingerprint density at radius 1 is 1.00 bits per heavy atom. The fourth-order valence-electron chi connectivity index (χ4n) is 2.65. The lowest BCUT2D eigenvalue weighted by molar-refractivity contribution is -0.131. The number of sulfonamides is 1. The van der Waals surface area contributed by atoms with Crippen LogP contribution in [0.4, 0.5) is 0 Å². The molecule has 1 heterocycles. The first kappa shape index (κ1) is 21.6. The number of carbonyl (C=O) groups is 1. The molecule has 1 atom stereocenters. The molecular weight excluding hydrogens is 432 g/mol. The van der Waals surface area contributed by atoms with Crippen LogP contribution in [0.5, 0.6) is 0 Å². The Morgan fingerprint density at radius 3 is 2.07 bits per heavy atom. The maximum Gasteiger partial charge on any atom is 0.268 e. The Bertz CT molecular complexity index is 1240. The SMILES string of the molecule is NC(=O)[C@H](Cc1cn(S(=O)(=O)c2ccccc2)cn1)N(O)S(=O)(=O)c1ccccc1. The van der Waals surface area contributed by atoms with Gasteiger partial charge in [0.05, 0.1) is 15.5 Å². The summed E-state index contributed by atoms with van der Waals surface area (Å²) in [6.45, 7) is 0. The highest BCUT2D eigenvalue weighted by Gasteiger charge is 2.34. The zero-order chi connectivity index (χ0) is 21.9. The molecule has 2 aromatic carbocycles. The summed E-state index contributed by atoms with van der Waals surface area (Å²) in [6.07, 6.45) is 1.71. The van der Waals surface area contributed by atoms with Gasteiger partial charge in [-0.25, -0.2) is 25.8 Å². The van der Waals surface area contributed by atoms with E-state index in [4.69, 9.17) is 5.73 Å². The van der Waals surface area contributed by atoms with Gasteiger partial charge < -0.3 is 5.73 Å². The predicted molar refractivity (Wildman–Crippen MR) is 105 cm³/mol. The standard InChI is InChI=1S/C18H18N4O6S2/c19-18(23)17(22(24)30(27,28)16-9-5-2-6-10-16)11-14-12-21(13-20-14)29(25,26)15-7-3-1-4-8-15/h1-10,12-13,17,24H,11H2,(H2,19,23)/t17-/m0/s1. The van der Waals surface area contributed by atoms with E-state index in [2.05, 4.69) is 4.98 Å². The quantitative estimate of drug-likeness (QED) is 0.476. The van der Waals surface area contributed by atoms with Crippen molar-refractivity contribution in [3.8, 4) is 0 Å². The first-order chi connectivity index (χ1) is 14.1. The number of nitrogens with two attached hydrogens (primary N) is 1. The first-order valence-electron chi connectivity index (χ1n) is 8.55. The summed E-state index contributed by atoms with van der Waals surface area (Å²) in [5, 5.41) is 10.3. The third-order valence-electron chi connectivity index (χ3n) is 4.22. The molecule has 3 N–H and O–H groups in total. The van der Waals surface area contributed by atoms with Crippen molar-refractivity contribution in [2.45, 2.75) is 22.3 Å². The predicted octanol–water partition coefficient (Wildman–Crippen LogP) is 0.597. The minimum atomic E-state index is -4.43. The maximum atomic E-state index is 12.6. The van der Waals surface area contributed by atoms with Crippen LogP contribution in [0.1, 0.15) is 5.69 Å². The monoisotopic (exact) mass is 450 g/mol. The number of rotatable bonds is 8. The molecule has 0 saturated heterocycles. The first-order valence-corrected chi connectivity index (χ1v) is 11.4. The topological polar surface area (TPSA) is 153 Å². The molecule has 12 heteroatoms. The maximum absolute atomic E-state index is 12.6. The summed E-state index contributed by atoms with van der Waals surface area (Å²) < 4.78 is 51.1. The van der Waals surface area contributed by atoms with Crippen LogP contribution in [0.3, 0.4) is 0 Å². The van der Waals surface area contributed by atoms with Gasteiger partial charge in [-0.2, -0.15) is 0 Å². The molecule has 0 aliphatic carbocycles. The summed E-state index contributed by atoms with van der Waals surface area (Å²) in [5.74, 6) is -1.13. The lowest BCUT2D eigenvalue weighted by Gasteiger charge is -2.22. The van der Waals surface area contributed by atoms with Gasteiger partial charge in [0, 0.05) is 12.6 Å². The Kier molecular flexibility index (Phi) is 6.03. The van der Waals surface area contributed by atoms with Crippen LogP contribution in [0.15, 0.2) is 83.0 Å². The van der Waals surface area contributed by atoms with Gasteiger partial charge in [0.25, 0.3) is 20.0 Å². The van der Waals surface area contributed by atoms with Crippen molar-refractivity contribution in [3.05, 3.63) is 78.9 Å². The summed E-state index contributed by atoms with van der Waals surface area (Å²) in [7, 11) is -8.35. The molecule has 0 spiro atoms. The van der Waals surface area contributed by atoms with E-state index in [1.54, 1.807) is 24.3 Å². The van der Waals surface area contributed by atoms with Gasteiger partial charge in [0.1, 0.15) is 12.4 Å². The largest absolute Gasteiger partial charge is 0.368 e. The van der Waals surface area contributed by atoms with Gasteiger partial charge in [0.2, 0.25) is 5.91 Å². The van der Waals surface area contributed by atoms with Crippen molar-refractivity contribution in [2.24, 2.45) is 5.73 Å². The minimum absolute atomic E-state index is 0.0239. The average Bonchev–Trinajstić information content (AvgIpc) is 3.22. The highest BCUT2D eigenvalue weighted by molar-refractivity contribution is 7.90. The van der Waals surface area contributed by atoms with E-state index in [0.29, 0.717) is 0 Å². The molecule has 158 valence electrons. The minimum Gasteiger partial charge on any atom is -0.368 e. The zero-order valence-electron chi connectivity index (χ0n) is 15.4. The van der Waals surface area contributed by atoms with Gasteiger partial charge in [-0.1, -0.05) is 40.9 Å². The van der Waals surface area contributed by atoms with Crippen molar-refractivity contribution in [2.75, 3.05) is 0 Å². The molecule has 0 bridgehead atoms. The van der Waals surface area contributed by atoms with Crippen LogP contribution < -0.4 is 5.73 Å². The summed E-state index contributed by atoms with van der Waals surface area (Å²) >= 11 is 0. The highest BCUT2D eigenvalue weighted by atomic mass is 32.2. The van der Waals surface area contributed by atoms with Crippen LogP contribution in [-0.4, -0.2) is 47.4 Å². The molecule has 10 nitrogen and oxygen atoms in total. The number of amides is 1. The molecule has 3 rings (SSSR count). The van der Waals surface area contributed by atoms with E-state index in [1.165, 1.54) is 36.4 Å². The molecule has 0 unspecified atom stereocenters.